The zero-order chi connectivity index (χ0) is 18.1. The van der Waals surface area contributed by atoms with Gasteiger partial charge in [0.1, 0.15) is 5.76 Å². The number of rotatable bonds is 4. The maximum atomic E-state index is 13.2. The Labute approximate surface area is 156 Å². The molecule has 2 aromatic heterocycles. The summed E-state index contributed by atoms with van der Waals surface area (Å²) in [5, 5.41) is 5.55. The predicted molar refractivity (Wildman–Crippen MR) is 104 cm³/mol. The zero-order valence-corrected chi connectivity index (χ0v) is 16.0. The fourth-order valence-corrected chi connectivity index (χ4v) is 4.95. The van der Waals surface area contributed by atoms with Gasteiger partial charge in [0, 0.05) is 17.4 Å². The van der Waals surface area contributed by atoms with E-state index in [1.807, 2.05) is 42.7 Å². The van der Waals surface area contributed by atoms with Gasteiger partial charge in [0.05, 0.1) is 16.6 Å². The van der Waals surface area contributed by atoms with E-state index < -0.39 is 0 Å². The molecule has 0 radical (unpaired) electrons. The monoisotopic (exact) mass is 369 g/mol. The summed E-state index contributed by atoms with van der Waals surface area (Å²) >= 11 is 1.61. The van der Waals surface area contributed by atoms with Crippen molar-refractivity contribution in [3.8, 4) is 0 Å². The third-order valence-electron chi connectivity index (χ3n) is 5.24. The molecule has 0 spiro atoms. The van der Waals surface area contributed by atoms with Gasteiger partial charge in [0.25, 0.3) is 5.56 Å². The molecule has 0 unspecified atom stereocenters. The van der Waals surface area contributed by atoms with Crippen molar-refractivity contribution in [1.82, 2.24) is 14.7 Å². The number of nitrogens with zero attached hydrogens (tertiary/aromatic N) is 3. The van der Waals surface area contributed by atoms with Crippen molar-refractivity contribution in [1.29, 1.82) is 0 Å². The number of thioether (sulfide) groups is 1. The van der Waals surface area contributed by atoms with E-state index in [0.717, 1.165) is 40.5 Å². The molecule has 5 nitrogen and oxygen atoms in total. The summed E-state index contributed by atoms with van der Waals surface area (Å²) in [6.07, 6.45) is 5.72. The lowest BCUT2D eigenvalue weighted by atomic mass is 9.95. The number of benzene rings is 1. The van der Waals surface area contributed by atoms with Gasteiger partial charge in [-0.2, -0.15) is 0 Å². The first kappa shape index (κ1) is 17.3. The van der Waals surface area contributed by atoms with E-state index in [-0.39, 0.29) is 11.6 Å². The third-order valence-corrected chi connectivity index (χ3v) is 6.22. The molecule has 1 aliphatic carbocycles. The molecule has 0 amide bonds. The molecule has 0 N–H and O–H groups in total. The third kappa shape index (κ3) is 3.18. The average Bonchev–Trinajstić information content (AvgIpc) is 2.99. The fraction of sp³-hybridized carbons (Fsp3) is 0.450. The van der Waals surface area contributed by atoms with Crippen LogP contribution in [0.25, 0.3) is 10.9 Å². The van der Waals surface area contributed by atoms with E-state index >= 15 is 0 Å². The van der Waals surface area contributed by atoms with Gasteiger partial charge in [0.15, 0.2) is 5.16 Å². The highest BCUT2D eigenvalue weighted by Crippen LogP contribution is 2.32. The summed E-state index contributed by atoms with van der Waals surface area (Å²) in [6.45, 7) is 3.88. The predicted octanol–water partition coefficient (Wildman–Crippen LogP) is 4.80. The maximum Gasteiger partial charge on any atom is 0.262 e. The lowest BCUT2D eigenvalue weighted by Crippen LogP contribution is -2.29. The summed E-state index contributed by atoms with van der Waals surface area (Å²) in [4.78, 5) is 18.1. The largest absolute Gasteiger partial charge is 0.361 e. The molecule has 2 heterocycles. The maximum absolute atomic E-state index is 13.2. The Balaban J connectivity index is 1.77. The van der Waals surface area contributed by atoms with Crippen molar-refractivity contribution in [2.75, 3.05) is 0 Å². The van der Waals surface area contributed by atoms with E-state index in [0.29, 0.717) is 11.1 Å². The first-order valence-corrected chi connectivity index (χ1v) is 10.2. The van der Waals surface area contributed by atoms with E-state index in [9.17, 15) is 4.79 Å². The summed E-state index contributed by atoms with van der Waals surface area (Å²) in [5.41, 5.74) is 2.85. The van der Waals surface area contributed by atoms with Gasteiger partial charge >= 0.3 is 0 Å². The smallest absolute Gasteiger partial charge is 0.262 e. The number of aromatic nitrogens is 3. The highest BCUT2D eigenvalue weighted by atomic mass is 32.2. The van der Waals surface area contributed by atoms with Crippen molar-refractivity contribution in [2.24, 2.45) is 0 Å². The molecule has 1 aliphatic rings. The molecule has 1 fully saturated rings. The van der Waals surface area contributed by atoms with Crippen LogP contribution in [0.15, 0.2) is 38.7 Å². The van der Waals surface area contributed by atoms with E-state index in [1.165, 1.54) is 19.3 Å². The van der Waals surface area contributed by atoms with Crippen molar-refractivity contribution >= 4 is 22.7 Å². The Kier molecular flexibility index (Phi) is 4.85. The second-order valence-electron chi connectivity index (χ2n) is 6.97. The standard InChI is InChI=1S/C20H23N3O2S/c1-13-17(14(2)25-22-13)12-26-20-21-18-11-7-6-10-16(18)19(24)23(20)15-8-4-3-5-9-15/h6-7,10-11,15H,3-5,8-9,12H2,1-2H3. The van der Waals surface area contributed by atoms with Crippen LogP contribution in [0.1, 0.15) is 55.2 Å². The molecule has 3 aromatic rings. The Bertz CT molecular complexity index is 967. The second kappa shape index (κ2) is 7.27. The van der Waals surface area contributed by atoms with E-state index in [1.54, 1.807) is 11.8 Å². The van der Waals surface area contributed by atoms with Crippen LogP contribution in [0.5, 0.6) is 0 Å². The molecule has 6 heteroatoms. The SMILES string of the molecule is Cc1noc(C)c1CSc1nc2ccccc2c(=O)n1C1CCCCC1. The molecule has 1 aromatic carbocycles. The Morgan fingerprint density at radius 3 is 2.69 bits per heavy atom. The van der Waals surface area contributed by atoms with Crippen LogP contribution in [0.3, 0.4) is 0 Å². The number of hydrogen-bond acceptors (Lipinski definition) is 5. The van der Waals surface area contributed by atoms with Gasteiger partial charge in [-0.25, -0.2) is 4.98 Å². The molecule has 1 saturated carbocycles. The first-order chi connectivity index (χ1) is 12.6. The van der Waals surface area contributed by atoms with Gasteiger partial charge < -0.3 is 4.52 Å². The van der Waals surface area contributed by atoms with Crippen LogP contribution < -0.4 is 5.56 Å². The van der Waals surface area contributed by atoms with Gasteiger partial charge in [-0.15, -0.1) is 0 Å². The van der Waals surface area contributed by atoms with Crippen LogP contribution in [0.2, 0.25) is 0 Å². The quantitative estimate of drug-likeness (QED) is 0.488. The number of aryl methyl sites for hydroxylation is 2. The molecule has 4 rings (SSSR count). The molecule has 0 atom stereocenters. The van der Waals surface area contributed by atoms with Crippen molar-refractivity contribution in [3.05, 3.63) is 51.6 Å². The Hall–Kier alpha value is -2.08. The zero-order valence-electron chi connectivity index (χ0n) is 15.2. The number of fused-ring (bicyclic) bond motifs is 1. The lowest BCUT2D eigenvalue weighted by molar-refractivity contribution is 0.326. The van der Waals surface area contributed by atoms with Crippen molar-refractivity contribution < 1.29 is 4.52 Å². The number of hydrogen-bond donors (Lipinski definition) is 0. The average molecular weight is 369 g/mol. The Morgan fingerprint density at radius 1 is 1.19 bits per heavy atom. The van der Waals surface area contributed by atoms with E-state index in [2.05, 4.69) is 5.16 Å². The summed E-state index contributed by atoms with van der Waals surface area (Å²) in [7, 11) is 0. The molecule has 0 aliphatic heterocycles. The normalized spacial score (nSPS) is 15.6. The van der Waals surface area contributed by atoms with Gasteiger partial charge in [-0.05, 0) is 38.8 Å². The lowest BCUT2D eigenvalue weighted by Gasteiger charge is -2.26. The van der Waals surface area contributed by atoms with Crippen molar-refractivity contribution in [3.63, 3.8) is 0 Å². The molecular weight excluding hydrogens is 346 g/mol. The molecule has 0 saturated heterocycles. The van der Waals surface area contributed by atoms with Crippen LogP contribution in [-0.2, 0) is 5.75 Å². The van der Waals surface area contributed by atoms with Crippen LogP contribution in [0.4, 0.5) is 0 Å². The summed E-state index contributed by atoms with van der Waals surface area (Å²) < 4.78 is 7.22. The van der Waals surface area contributed by atoms with Gasteiger partial charge in [0.2, 0.25) is 0 Å². The minimum absolute atomic E-state index is 0.0868. The van der Waals surface area contributed by atoms with Crippen LogP contribution in [0, 0.1) is 13.8 Å². The molecular formula is C20H23N3O2S. The van der Waals surface area contributed by atoms with Crippen molar-refractivity contribution in [2.45, 2.75) is 62.9 Å². The van der Waals surface area contributed by atoms with Crippen LogP contribution >= 0.6 is 11.8 Å². The minimum atomic E-state index is 0.0868. The topological polar surface area (TPSA) is 60.9 Å². The highest BCUT2D eigenvalue weighted by molar-refractivity contribution is 7.98. The summed E-state index contributed by atoms with van der Waals surface area (Å²) in [5.74, 6) is 1.54. The highest BCUT2D eigenvalue weighted by Gasteiger charge is 2.22. The molecule has 26 heavy (non-hydrogen) atoms. The summed E-state index contributed by atoms with van der Waals surface area (Å²) in [6, 6.07) is 7.89. The van der Waals surface area contributed by atoms with Gasteiger partial charge in [-0.1, -0.05) is 48.3 Å². The first-order valence-electron chi connectivity index (χ1n) is 9.21. The Morgan fingerprint density at radius 2 is 1.96 bits per heavy atom. The molecule has 136 valence electrons. The van der Waals surface area contributed by atoms with Gasteiger partial charge in [-0.3, -0.25) is 9.36 Å². The minimum Gasteiger partial charge on any atom is -0.361 e. The van der Waals surface area contributed by atoms with Crippen LogP contribution in [-0.4, -0.2) is 14.7 Å². The van der Waals surface area contributed by atoms with E-state index in [4.69, 9.17) is 9.51 Å². The number of para-hydroxylation sites is 1. The molecule has 0 bridgehead atoms. The fourth-order valence-electron chi connectivity index (χ4n) is 3.73. The second-order valence-corrected chi connectivity index (χ2v) is 7.91.